The number of nitrogens with zero attached hydrogens (tertiary/aromatic N) is 2. The average molecular weight is 281 g/mol. The fourth-order valence-electron chi connectivity index (χ4n) is 2.70. The second-order valence-electron chi connectivity index (χ2n) is 7.22. The van der Waals surface area contributed by atoms with Gasteiger partial charge in [-0.3, -0.25) is 4.79 Å². The van der Waals surface area contributed by atoms with E-state index in [1.165, 1.54) is 0 Å². The molecule has 5 heteroatoms. The number of piperidine rings is 1. The minimum Gasteiger partial charge on any atom is -0.366 e. The van der Waals surface area contributed by atoms with E-state index in [2.05, 4.69) is 22.5 Å². The number of hydrazone groups is 1. The number of likely N-dealkylation sites (tertiary alicyclic amines) is 1. The summed E-state index contributed by atoms with van der Waals surface area (Å²) in [5.74, 6) is -0.0541. The molecule has 0 saturated carbocycles. The molecule has 0 aromatic rings. The minimum atomic E-state index is -0.419. The Morgan fingerprint density at radius 3 is 2.55 bits per heavy atom. The quantitative estimate of drug-likeness (QED) is 0.745. The molecule has 2 aliphatic heterocycles. The Morgan fingerprint density at radius 2 is 2.00 bits per heavy atom. The van der Waals surface area contributed by atoms with Crippen molar-refractivity contribution in [3.63, 3.8) is 0 Å². The molecule has 0 aromatic carbocycles. The summed E-state index contributed by atoms with van der Waals surface area (Å²) in [6.45, 7) is 9.80. The van der Waals surface area contributed by atoms with Crippen LogP contribution in [-0.2, 0) is 9.53 Å². The zero-order chi connectivity index (χ0) is 15.0. The monoisotopic (exact) mass is 281 g/mol. The summed E-state index contributed by atoms with van der Waals surface area (Å²) in [7, 11) is 2.14. The molecule has 2 heterocycles. The maximum Gasteiger partial charge on any atom is 0.245 e. The van der Waals surface area contributed by atoms with E-state index in [1.807, 2.05) is 27.7 Å². The summed E-state index contributed by atoms with van der Waals surface area (Å²) in [4.78, 5) is 14.2. The van der Waals surface area contributed by atoms with Crippen LogP contribution in [0.5, 0.6) is 0 Å². The Morgan fingerprint density at radius 1 is 1.40 bits per heavy atom. The van der Waals surface area contributed by atoms with Crippen molar-refractivity contribution in [1.82, 2.24) is 10.3 Å². The Labute approximate surface area is 121 Å². The third-order valence-corrected chi connectivity index (χ3v) is 4.28. The number of carbonyl (C=O) groups is 1. The molecule has 20 heavy (non-hydrogen) atoms. The molecule has 1 amide bonds. The van der Waals surface area contributed by atoms with Gasteiger partial charge in [0.1, 0.15) is 0 Å². The normalized spacial score (nSPS) is 29.1. The smallest absolute Gasteiger partial charge is 0.245 e. The number of hydrogen-bond donors (Lipinski definition) is 1. The lowest BCUT2D eigenvalue weighted by Gasteiger charge is -2.36. The van der Waals surface area contributed by atoms with Crippen molar-refractivity contribution in [2.24, 2.45) is 10.5 Å². The topological polar surface area (TPSA) is 53.9 Å². The predicted molar refractivity (Wildman–Crippen MR) is 79.7 cm³/mol. The molecule has 114 valence electrons. The molecule has 1 N–H and O–H groups in total. The van der Waals surface area contributed by atoms with Crippen LogP contribution >= 0.6 is 0 Å². The molecular weight excluding hydrogens is 254 g/mol. The minimum absolute atomic E-state index is 0.00123. The first kappa shape index (κ1) is 15.4. The van der Waals surface area contributed by atoms with E-state index < -0.39 is 5.41 Å². The molecule has 0 aromatic heterocycles. The lowest BCUT2D eigenvalue weighted by atomic mass is 9.88. The second-order valence-corrected chi connectivity index (χ2v) is 7.22. The summed E-state index contributed by atoms with van der Waals surface area (Å²) in [5.41, 5.74) is 3.17. The lowest BCUT2D eigenvalue weighted by molar-refractivity contribution is -0.128. The van der Waals surface area contributed by atoms with Crippen molar-refractivity contribution in [3.05, 3.63) is 0 Å². The molecule has 2 rings (SSSR count). The standard InChI is InChI=1S/C15H27N3O2/c1-11-12(16-17-13(19)14(2,3)4)10-15(20-11)6-8-18(5)9-7-15/h11H,6-10H2,1-5H3,(H,17,19)/b16-12+. The lowest BCUT2D eigenvalue weighted by Crippen LogP contribution is -2.42. The third kappa shape index (κ3) is 3.38. The van der Waals surface area contributed by atoms with Gasteiger partial charge in [0.2, 0.25) is 5.91 Å². The van der Waals surface area contributed by atoms with Crippen molar-refractivity contribution < 1.29 is 9.53 Å². The van der Waals surface area contributed by atoms with E-state index in [4.69, 9.17) is 4.74 Å². The van der Waals surface area contributed by atoms with Gasteiger partial charge in [0.15, 0.2) is 0 Å². The Kier molecular flexibility index (Phi) is 4.21. The fraction of sp³-hybridized carbons (Fsp3) is 0.867. The van der Waals surface area contributed by atoms with Crippen LogP contribution in [-0.4, -0.2) is 48.4 Å². The predicted octanol–water partition coefficient (Wildman–Crippen LogP) is 1.78. The molecule has 1 unspecified atom stereocenters. The van der Waals surface area contributed by atoms with Crippen molar-refractivity contribution in [2.75, 3.05) is 20.1 Å². The molecule has 2 fully saturated rings. The summed E-state index contributed by atoms with van der Waals surface area (Å²) < 4.78 is 6.16. The highest BCUT2D eigenvalue weighted by Crippen LogP contribution is 2.37. The summed E-state index contributed by atoms with van der Waals surface area (Å²) in [6, 6.07) is 0. The fourth-order valence-corrected chi connectivity index (χ4v) is 2.70. The van der Waals surface area contributed by atoms with Crippen LogP contribution in [0.2, 0.25) is 0 Å². The van der Waals surface area contributed by atoms with Crippen molar-refractivity contribution in [3.8, 4) is 0 Å². The summed E-state index contributed by atoms with van der Waals surface area (Å²) >= 11 is 0. The van der Waals surface area contributed by atoms with Crippen LogP contribution in [0.1, 0.15) is 47.0 Å². The highest BCUT2D eigenvalue weighted by molar-refractivity contribution is 5.92. The molecule has 0 radical (unpaired) electrons. The zero-order valence-corrected chi connectivity index (χ0v) is 13.3. The van der Waals surface area contributed by atoms with E-state index >= 15 is 0 Å². The molecular formula is C15H27N3O2. The van der Waals surface area contributed by atoms with E-state index in [0.29, 0.717) is 0 Å². The first-order valence-electron chi connectivity index (χ1n) is 7.45. The van der Waals surface area contributed by atoms with Gasteiger partial charge in [0.25, 0.3) is 0 Å². The highest BCUT2D eigenvalue weighted by atomic mass is 16.5. The summed E-state index contributed by atoms with van der Waals surface area (Å²) in [6.07, 6.45) is 2.92. The number of hydrogen-bond acceptors (Lipinski definition) is 4. The van der Waals surface area contributed by atoms with Gasteiger partial charge in [-0.1, -0.05) is 20.8 Å². The number of rotatable bonds is 1. The second kappa shape index (κ2) is 5.45. The number of carbonyl (C=O) groups excluding carboxylic acids is 1. The van der Waals surface area contributed by atoms with Crippen LogP contribution in [0.3, 0.4) is 0 Å². The van der Waals surface area contributed by atoms with Crippen LogP contribution in [0.4, 0.5) is 0 Å². The van der Waals surface area contributed by atoms with Gasteiger partial charge in [-0.2, -0.15) is 5.10 Å². The van der Waals surface area contributed by atoms with Crippen molar-refractivity contribution in [2.45, 2.75) is 58.7 Å². The third-order valence-electron chi connectivity index (χ3n) is 4.28. The molecule has 5 nitrogen and oxygen atoms in total. The molecule has 2 aliphatic rings. The molecule has 1 spiro atoms. The Balaban J connectivity index is 1.99. The number of ether oxygens (including phenoxy) is 1. The van der Waals surface area contributed by atoms with E-state index in [9.17, 15) is 4.79 Å². The zero-order valence-electron chi connectivity index (χ0n) is 13.3. The van der Waals surface area contributed by atoms with E-state index in [1.54, 1.807) is 0 Å². The van der Waals surface area contributed by atoms with Gasteiger partial charge in [-0.25, -0.2) is 5.43 Å². The first-order chi connectivity index (χ1) is 9.22. The van der Waals surface area contributed by atoms with Gasteiger partial charge >= 0.3 is 0 Å². The van der Waals surface area contributed by atoms with Crippen molar-refractivity contribution in [1.29, 1.82) is 0 Å². The maximum absolute atomic E-state index is 11.9. The Bertz CT molecular complexity index is 404. The van der Waals surface area contributed by atoms with Gasteiger partial charge in [0.05, 0.1) is 17.4 Å². The van der Waals surface area contributed by atoms with Gasteiger partial charge in [-0.05, 0) is 26.8 Å². The van der Waals surface area contributed by atoms with Crippen LogP contribution < -0.4 is 5.43 Å². The largest absolute Gasteiger partial charge is 0.366 e. The SMILES string of the molecule is CC1OC2(CCN(C)CC2)C/C1=N\NC(=O)C(C)(C)C. The first-order valence-corrected chi connectivity index (χ1v) is 7.45. The Hall–Kier alpha value is -0.940. The average Bonchev–Trinajstić information content (AvgIpc) is 2.66. The molecule has 0 bridgehead atoms. The number of nitrogens with one attached hydrogen (secondary N) is 1. The summed E-state index contributed by atoms with van der Waals surface area (Å²) in [5, 5.41) is 4.32. The van der Waals surface area contributed by atoms with E-state index in [-0.39, 0.29) is 17.6 Å². The molecule has 1 atom stereocenters. The van der Waals surface area contributed by atoms with Gasteiger partial charge in [-0.15, -0.1) is 0 Å². The molecule has 0 aliphatic carbocycles. The van der Waals surface area contributed by atoms with Gasteiger partial charge < -0.3 is 9.64 Å². The van der Waals surface area contributed by atoms with Crippen LogP contribution in [0.25, 0.3) is 0 Å². The van der Waals surface area contributed by atoms with Crippen LogP contribution in [0.15, 0.2) is 5.10 Å². The highest BCUT2D eigenvalue weighted by Gasteiger charge is 2.44. The van der Waals surface area contributed by atoms with Crippen molar-refractivity contribution >= 4 is 11.6 Å². The number of amides is 1. The molecule has 2 saturated heterocycles. The van der Waals surface area contributed by atoms with Gasteiger partial charge in [0, 0.05) is 24.9 Å². The van der Waals surface area contributed by atoms with Crippen LogP contribution in [0, 0.1) is 5.41 Å². The van der Waals surface area contributed by atoms with E-state index in [0.717, 1.165) is 38.1 Å². The maximum atomic E-state index is 11.9.